The van der Waals surface area contributed by atoms with Gasteiger partial charge in [-0.15, -0.1) is 11.6 Å². The predicted molar refractivity (Wildman–Crippen MR) is 331 cm³/mol. The van der Waals surface area contributed by atoms with Gasteiger partial charge in [-0.05, 0) is 86.6 Å². The number of benzene rings is 4. The minimum absolute atomic E-state index is 0.0206. The summed E-state index contributed by atoms with van der Waals surface area (Å²) in [5.74, 6) is 0.973. The molecule has 0 aliphatic carbocycles. The Kier molecular flexibility index (Phi) is 19.0. The summed E-state index contributed by atoms with van der Waals surface area (Å²) in [6, 6.07) is 24.6. The van der Waals surface area contributed by atoms with Gasteiger partial charge >= 0.3 is 0 Å². The van der Waals surface area contributed by atoms with Crippen molar-refractivity contribution in [1.82, 2.24) is 49.5 Å². The molecule has 4 aliphatic rings. The Morgan fingerprint density at radius 1 is 0.659 bits per heavy atom. The molecular formula is C58H61Cl3F2N16O4S2. The van der Waals surface area contributed by atoms with E-state index in [9.17, 15) is 34.0 Å². The van der Waals surface area contributed by atoms with E-state index in [0.29, 0.717) is 104 Å². The molecule has 0 bridgehead atoms. The third-order valence-electron chi connectivity index (χ3n) is 15.1. The molecule has 4 saturated heterocycles. The Morgan fingerprint density at radius 3 is 1.46 bits per heavy atom. The van der Waals surface area contributed by atoms with E-state index in [4.69, 9.17) is 60.1 Å². The number of amides is 2. The van der Waals surface area contributed by atoms with Crippen molar-refractivity contribution >= 4 is 124 Å². The number of carbonyl (C=O) groups excluding carboxylic acids is 2. The second-order valence-electron chi connectivity index (χ2n) is 20.7. The molecule has 20 nitrogen and oxygen atoms in total. The Balaban J connectivity index is 0.000000167. The predicted octanol–water partition coefficient (Wildman–Crippen LogP) is 8.39. The van der Waals surface area contributed by atoms with E-state index in [-0.39, 0.29) is 35.4 Å². The number of carbonyl (C=O) groups is 2. The number of rotatable bonds is 13. The molecule has 4 aromatic carbocycles. The van der Waals surface area contributed by atoms with Crippen LogP contribution in [0.5, 0.6) is 0 Å². The molecule has 12 rings (SSSR count). The van der Waals surface area contributed by atoms with Crippen molar-refractivity contribution in [1.29, 1.82) is 10.5 Å². The fraction of sp³-hybridized carbons (Fsp3) is 0.379. The van der Waals surface area contributed by atoms with Crippen LogP contribution >= 0.6 is 57.5 Å². The van der Waals surface area contributed by atoms with Gasteiger partial charge in [0, 0.05) is 139 Å². The number of hydrogen-bond donors (Lipinski definition) is 3. The fourth-order valence-corrected chi connectivity index (χ4v) is 12.8. The van der Waals surface area contributed by atoms with E-state index in [1.54, 1.807) is 29.2 Å². The summed E-state index contributed by atoms with van der Waals surface area (Å²) in [6.07, 6.45) is -0.718. The molecule has 85 heavy (non-hydrogen) atoms. The van der Waals surface area contributed by atoms with Crippen molar-refractivity contribution in [2.24, 2.45) is 0 Å². The van der Waals surface area contributed by atoms with Crippen molar-refractivity contribution < 1.29 is 28.6 Å². The zero-order valence-corrected chi connectivity index (χ0v) is 50.9. The number of anilines is 6. The van der Waals surface area contributed by atoms with Crippen molar-refractivity contribution in [3.05, 3.63) is 104 Å². The standard InChI is InChI=1S/C29H30ClFN8O2S.C24H23ClFN7S.C5H8ClNO2/c1-3-39-28(35(2)29-33-26(24(14-32)42-29)18-4-6-19(31)7-5-18)22-12-20(13-23(30)27(22)34-39)37-10-8-36(9-11-37)17-25(41)38-15-21(40)16-38;1-3-33-23(18-12-17(13-19(25)22(18)30-33)32-10-8-28-9-11-32)31(2)24-29-21(20(14-27)34-24)15-4-6-16(26)7-5-15;6-1-5(9)7-2-4(8)3-7/h4-7,12-13,21,40H,3,8-11,15-17H2,1-2H3;4-7,12-13,28H,3,8-11H2,1-2H3;4,8H,1-3H2. The molecule has 0 unspecified atom stereocenters. The molecular weight excluding hydrogens is 1190 g/mol. The highest BCUT2D eigenvalue weighted by Crippen LogP contribution is 2.43. The zero-order chi connectivity index (χ0) is 60.2. The Morgan fingerprint density at radius 2 is 1.07 bits per heavy atom. The number of piperazine rings is 2. The molecule has 27 heteroatoms. The molecule has 4 aromatic heterocycles. The summed E-state index contributed by atoms with van der Waals surface area (Å²) in [4.78, 5) is 47.4. The van der Waals surface area contributed by atoms with Crippen LogP contribution in [0.4, 0.5) is 42.1 Å². The first-order chi connectivity index (χ1) is 41.0. The van der Waals surface area contributed by atoms with E-state index < -0.39 is 6.10 Å². The van der Waals surface area contributed by atoms with E-state index in [0.717, 1.165) is 91.7 Å². The van der Waals surface area contributed by atoms with E-state index in [1.165, 1.54) is 51.8 Å². The average Bonchev–Trinajstić information content (AvgIpc) is 1.99. The van der Waals surface area contributed by atoms with Crippen molar-refractivity contribution in [2.75, 3.05) is 125 Å². The van der Waals surface area contributed by atoms with Gasteiger partial charge in [-0.1, -0.05) is 45.9 Å². The number of nitrogens with zero attached hydrogens (tertiary/aromatic N) is 15. The van der Waals surface area contributed by atoms with Crippen LogP contribution in [0.2, 0.25) is 10.0 Å². The average molecular weight is 1250 g/mol. The second kappa shape index (κ2) is 26.6. The Bertz CT molecular complexity index is 3800. The lowest BCUT2D eigenvalue weighted by atomic mass is 10.1. The lowest BCUT2D eigenvalue weighted by Crippen LogP contribution is -2.57. The van der Waals surface area contributed by atoms with Crippen LogP contribution in [-0.4, -0.2) is 184 Å². The summed E-state index contributed by atoms with van der Waals surface area (Å²) in [6.45, 7) is 14.0. The Hall–Kier alpha value is -7.23. The van der Waals surface area contributed by atoms with Crippen LogP contribution in [-0.2, 0) is 22.7 Å². The number of fused-ring (bicyclic) bond motifs is 2. The number of aromatic nitrogens is 6. The number of thiazole rings is 2. The first-order valence-electron chi connectivity index (χ1n) is 27.6. The van der Waals surface area contributed by atoms with Gasteiger partial charge in [0.15, 0.2) is 10.3 Å². The lowest BCUT2D eigenvalue weighted by molar-refractivity contribution is -0.142. The molecule has 0 saturated carbocycles. The van der Waals surface area contributed by atoms with Gasteiger partial charge in [-0.25, -0.2) is 28.1 Å². The van der Waals surface area contributed by atoms with Gasteiger partial charge in [0.1, 0.15) is 73.5 Å². The number of halogens is 5. The molecule has 8 heterocycles. The maximum absolute atomic E-state index is 13.5. The third kappa shape index (κ3) is 13.1. The van der Waals surface area contributed by atoms with E-state index >= 15 is 0 Å². The van der Waals surface area contributed by atoms with Gasteiger partial charge in [0.2, 0.25) is 11.8 Å². The molecule has 444 valence electrons. The van der Waals surface area contributed by atoms with Crippen molar-refractivity contribution in [3.8, 4) is 34.7 Å². The molecule has 0 radical (unpaired) electrons. The van der Waals surface area contributed by atoms with E-state index in [2.05, 4.69) is 44.3 Å². The normalized spacial score (nSPS) is 15.6. The molecule has 2 amide bonds. The number of nitriles is 2. The monoisotopic (exact) mass is 1250 g/mol. The minimum Gasteiger partial charge on any atom is -0.389 e. The van der Waals surface area contributed by atoms with Crippen molar-refractivity contribution in [2.45, 2.75) is 39.1 Å². The number of likely N-dealkylation sites (tertiary alicyclic amines) is 2. The lowest BCUT2D eigenvalue weighted by Gasteiger charge is -2.39. The number of hydrogen-bond acceptors (Lipinski definition) is 18. The molecule has 3 N–H and O–H groups in total. The Labute approximate surface area is 512 Å². The highest BCUT2D eigenvalue weighted by atomic mass is 35.5. The zero-order valence-electron chi connectivity index (χ0n) is 47.0. The minimum atomic E-state index is -0.396. The molecule has 4 fully saturated rings. The summed E-state index contributed by atoms with van der Waals surface area (Å²) in [5, 5.41) is 54.9. The summed E-state index contributed by atoms with van der Waals surface area (Å²) < 4.78 is 30.7. The van der Waals surface area contributed by atoms with E-state index in [1.807, 2.05) is 59.2 Å². The van der Waals surface area contributed by atoms with Crippen LogP contribution < -0.4 is 24.9 Å². The summed E-state index contributed by atoms with van der Waals surface area (Å²) in [5.41, 5.74) is 5.88. The van der Waals surface area contributed by atoms with Crippen LogP contribution in [0.15, 0.2) is 72.8 Å². The highest BCUT2D eigenvalue weighted by molar-refractivity contribution is 7.17. The second-order valence-corrected chi connectivity index (χ2v) is 23.7. The highest BCUT2D eigenvalue weighted by Gasteiger charge is 2.32. The van der Waals surface area contributed by atoms with Crippen LogP contribution in [0.25, 0.3) is 44.3 Å². The SMILES string of the molecule is CCn1nc2c(Cl)cc(N3CCN(CC(=O)N4CC(O)C4)CC3)cc2c1N(C)c1nc(-c2ccc(F)cc2)c(C#N)s1.CCn1nc2c(Cl)cc(N3CCNCC3)cc2c1N(C)c1nc(-c2ccc(F)cc2)c(C#N)s1.O=C(CCl)N1CC(O)C1. The fourth-order valence-electron chi connectivity index (χ4n) is 10.5. The molecule has 8 aromatic rings. The summed E-state index contributed by atoms with van der Waals surface area (Å²) in [7, 11) is 3.81. The molecule has 4 aliphatic heterocycles. The number of aliphatic hydroxyl groups is 2. The van der Waals surface area contributed by atoms with Gasteiger partial charge in [-0.3, -0.25) is 14.5 Å². The largest absolute Gasteiger partial charge is 0.389 e. The maximum atomic E-state index is 13.5. The van der Waals surface area contributed by atoms with Crippen molar-refractivity contribution in [3.63, 3.8) is 0 Å². The maximum Gasteiger partial charge on any atom is 0.237 e. The van der Waals surface area contributed by atoms with Crippen LogP contribution in [0.3, 0.4) is 0 Å². The quantitative estimate of drug-likeness (QED) is 0.0924. The van der Waals surface area contributed by atoms with Gasteiger partial charge in [0.25, 0.3) is 0 Å². The number of aliphatic hydroxyl groups excluding tert-OH is 2. The molecule has 0 atom stereocenters. The van der Waals surface area contributed by atoms with Crippen LogP contribution in [0, 0.1) is 34.3 Å². The third-order valence-corrected chi connectivity index (χ3v) is 18.0. The van der Waals surface area contributed by atoms with Gasteiger partial charge in [-0.2, -0.15) is 20.7 Å². The van der Waals surface area contributed by atoms with Gasteiger partial charge < -0.3 is 44.9 Å². The summed E-state index contributed by atoms with van der Waals surface area (Å²) >= 11 is 21.3. The number of aryl methyl sites for hydroxylation is 2. The number of nitrogens with one attached hydrogen (secondary N) is 1. The molecule has 0 spiro atoms. The first kappa shape index (κ1) is 60.9. The van der Waals surface area contributed by atoms with Crippen LogP contribution in [0.1, 0.15) is 23.6 Å². The topological polar surface area (TPSA) is 218 Å². The smallest absolute Gasteiger partial charge is 0.237 e. The van der Waals surface area contributed by atoms with Gasteiger partial charge in [0.05, 0.1) is 28.8 Å². The number of β-amino-alcohol motifs (C(OH)–C–C–N with tert-alkyl or cyclic N) is 2. The number of alkyl halides is 1. The first-order valence-corrected chi connectivity index (χ1v) is 30.5.